The fourth-order valence-electron chi connectivity index (χ4n) is 4.62. The van der Waals surface area contributed by atoms with Crippen molar-refractivity contribution in [2.45, 2.75) is 45.3 Å². The number of hydrogen-bond donors (Lipinski definition) is 1. The maximum Gasteiger partial charge on any atom is 0.223 e. The number of carbonyl (C=O) groups is 1. The summed E-state index contributed by atoms with van der Waals surface area (Å²) in [7, 11) is 0. The van der Waals surface area contributed by atoms with Gasteiger partial charge in [0.1, 0.15) is 0 Å². The zero-order chi connectivity index (χ0) is 20.8. The summed E-state index contributed by atoms with van der Waals surface area (Å²) in [6.45, 7) is 6.86. The Kier molecular flexibility index (Phi) is 7.42. The minimum absolute atomic E-state index is 0.119. The molecule has 0 atom stereocenters. The first-order chi connectivity index (χ1) is 14.7. The second-order valence-electron chi connectivity index (χ2n) is 8.70. The number of hydrogen-bond acceptors (Lipinski definition) is 3. The van der Waals surface area contributed by atoms with Gasteiger partial charge in [-0.1, -0.05) is 48.0 Å². The van der Waals surface area contributed by atoms with E-state index >= 15 is 0 Å². The van der Waals surface area contributed by atoms with Crippen molar-refractivity contribution in [1.29, 1.82) is 0 Å². The Labute approximate surface area is 185 Å². The van der Waals surface area contributed by atoms with Crippen molar-refractivity contribution in [3.8, 4) is 0 Å². The standard InChI is InChI=1S/C25H32ClN3O/c26-24-8-4-7-22(16-24)19-29-13-9-23(10-14-29)25(30)27-17-20-5-3-6-21(15-20)18-28-11-1-2-12-28/h3-8,15-16,23H,1-2,9-14,17-19H2,(H,27,30). The zero-order valence-electron chi connectivity index (χ0n) is 17.7. The Morgan fingerprint density at radius 2 is 1.47 bits per heavy atom. The molecule has 160 valence electrons. The zero-order valence-corrected chi connectivity index (χ0v) is 18.4. The molecule has 0 aliphatic carbocycles. The molecule has 0 saturated carbocycles. The van der Waals surface area contributed by atoms with Gasteiger partial charge in [0.25, 0.3) is 0 Å². The van der Waals surface area contributed by atoms with E-state index in [9.17, 15) is 4.79 Å². The van der Waals surface area contributed by atoms with Gasteiger partial charge in [0, 0.05) is 30.6 Å². The van der Waals surface area contributed by atoms with E-state index in [1.807, 2.05) is 18.2 Å². The fraction of sp³-hybridized carbons (Fsp3) is 0.480. The molecular weight excluding hydrogens is 394 g/mol. The van der Waals surface area contributed by atoms with Crippen molar-refractivity contribution >= 4 is 17.5 Å². The molecule has 4 rings (SSSR count). The van der Waals surface area contributed by atoms with Crippen LogP contribution in [0, 0.1) is 5.92 Å². The third kappa shape index (κ3) is 6.07. The molecule has 0 radical (unpaired) electrons. The fourth-order valence-corrected chi connectivity index (χ4v) is 4.83. The van der Waals surface area contributed by atoms with Crippen LogP contribution in [0.25, 0.3) is 0 Å². The average Bonchev–Trinajstić information content (AvgIpc) is 3.26. The maximum atomic E-state index is 12.7. The number of carbonyl (C=O) groups excluding carboxylic acids is 1. The minimum Gasteiger partial charge on any atom is -0.352 e. The molecule has 0 spiro atoms. The van der Waals surface area contributed by atoms with Gasteiger partial charge in [-0.05, 0) is 80.7 Å². The predicted octanol–water partition coefficient (Wildman–Crippen LogP) is 4.46. The Bertz CT molecular complexity index is 842. The van der Waals surface area contributed by atoms with E-state index < -0.39 is 0 Å². The van der Waals surface area contributed by atoms with Crippen LogP contribution in [0.4, 0.5) is 0 Å². The lowest BCUT2D eigenvalue weighted by Crippen LogP contribution is -2.40. The van der Waals surface area contributed by atoms with Gasteiger partial charge in [-0.2, -0.15) is 0 Å². The number of amides is 1. The number of likely N-dealkylation sites (tertiary alicyclic amines) is 2. The van der Waals surface area contributed by atoms with Gasteiger partial charge in [-0.3, -0.25) is 14.6 Å². The van der Waals surface area contributed by atoms with E-state index in [-0.39, 0.29) is 11.8 Å². The van der Waals surface area contributed by atoms with Crippen LogP contribution in [0.15, 0.2) is 48.5 Å². The van der Waals surface area contributed by atoms with Gasteiger partial charge in [-0.25, -0.2) is 0 Å². The maximum absolute atomic E-state index is 12.7. The second kappa shape index (κ2) is 10.4. The Hall–Kier alpha value is -1.88. The van der Waals surface area contributed by atoms with Gasteiger partial charge in [0.05, 0.1) is 0 Å². The normalized spacial score (nSPS) is 18.6. The topological polar surface area (TPSA) is 35.6 Å². The van der Waals surface area contributed by atoms with Crippen LogP contribution >= 0.6 is 11.6 Å². The van der Waals surface area contributed by atoms with Crippen molar-refractivity contribution < 1.29 is 4.79 Å². The highest BCUT2D eigenvalue weighted by Crippen LogP contribution is 2.21. The van der Waals surface area contributed by atoms with Crippen LogP contribution in [-0.4, -0.2) is 41.9 Å². The minimum atomic E-state index is 0.119. The number of halogens is 1. The highest BCUT2D eigenvalue weighted by Gasteiger charge is 2.24. The Balaban J connectivity index is 1.21. The molecule has 2 aliphatic heterocycles. The molecule has 2 aliphatic rings. The van der Waals surface area contributed by atoms with E-state index in [2.05, 4.69) is 45.4 Å². The molecular formula is C25H32ClN3O. The average molecular weight is 426 g/mol. The molecule has 4 nitrogen and oxygen atoms in total. The summed E-state index contributed by atoms with van der Waals surface area (Å²) in [4.78, 5) is 17.6. The first-order valence-electron chi connectivity index (χ1n) is 11.2. The number of benzene rings is 2. The molecule has 30 heavy (non-hydrogen) atoms. The third-order valence-electron chi connectivity index (χ3n) is 6.32. The molecule has 1 amide bonds. The number of nitrogens with one attached hydrogen (secondary N) is 1. The SMILES string of the molecule is O=C(NCc1cccc(CN2CCCC2)c1)C1CCN(Cc2cccc(Cl)c2)CC1. The third-order valence-corrected chi connectivity index (χ3v) is 6.55. The first-order valence-corrected chi connectivity index (χ1v) is 11.6. The molecule has 2 fully saturated rings. The monoisotopic (exact) mass is 425 g/mol. The van der Waals surface area contributed by atoms with Gasteiger partial charge in [0.15, 0.2) is 0 Å². The van der Waals surface area contributed by atoms with E-state index in [1.54, 1.807) is 0 Å². The summed E-state index contributed by atoms with van der Waals surface area (Å²) in [5.74, 6) is 0.316. The second-order valence-corrected chi connectivity index (χ2v) is 9.14. The number of rotatable bonds is 7. The largest absolute Gasteiger partial charge is 0.352 e. The summed E-state index contributed by atoms with van der Waals surface area (Å²) in [6.07, 6.45) is 4.46. The lowest BCUT2D eigenvalue weighted by Gasteiger charge is -2.31. The van der Waals surface area contributed by atoms with E-state index in [0.29, 0.717) is 6.54 Å². The molecule has 2 heterocycles. The summed E-state index contributed by atoms with van der Waals surface area (Å²) in [5.41, 5.74) is 3.77. The van der Waals surface area contributed by atoms with Crippen molar-refractivity contribution in [2.24, 2.45) is 5.92 Å². The molecule has 2 aromatic rings. The van der Waals surface area contributed by atoms with Crippen molar-refractivity contribution in [3.63, 3.8) is 0 Å². The van der Waals surface area contributed by atoms with Crippen LogP contribution in [0.3, 0.4) is 0 Å². The van der Waals surface area contributed by atoms with Crippen LogP contribution < -0.4 is 5.32 Å². The molecule has 0 bridgehead atoms. The number of piperidine rings is 1. The number of nitrogens with zero attached hydrogens (tertiary/aromatic N) is 2. The summed E-state index contributed by atoms with van der Waals surface area (Å²) >= 11 is 6.09. The highest BCUT2D eigenvalue weighted by atomic mass is 35.5. The summed E-state index contributed by atoms with van der Waals surface area (Å²) in [6, 6.07) is 16.7. The van der Waals surface area contributed by atoms with Gasteiger partial charge >= 0.3 is 0 Å². The van der Waals surface area contributed by atoms with E-state index in [0.717, 1.165) is 44.0 Å². The quantitative estimate of drug-likeness (QED) is 0.711. The van der Waals surface area contributed by atoms with E-state index in [4.69, 9.17) is 11.6 Å². The van der Waals surface area contributed by atoms with Crippen LogP contribution in [-0.2, 0) is 24.4 Å². The Morgan fingerprint density at radius 1 is 0.867 bits per heavy atom. The van der Waals surface area contributed by atoms with Crippen molar-refractivity contribution in [1.82, 2.24) is 15.1 Å². The van der Waals surface area contributed by atoms with Gasteiger partial charge in [-0.15, -0.1) is 0 Å². The smallest absolute Gasteiger partial charge is 0.223 e. The molecule has 0 unspecified atom stereocenters. The van der Waals surface area contributed by atoms with Crippen LogP contribution in [0.1, 0.15) is 42.4 Å². The molecule has 2 saturated heterocycles. The molecule has 0 aromatic heterocycles. The van der Waals surface area contributed by atoms with Crippen LogP contribution in [0.5, 0.6) is 0 Å². The van der Waals surface area contributed by atoms with Crippen molar-refractivity contribution in [2.75, 3.05) is 26.2 Å². The van der Waals surface area contributed by atoms with Crippen LogP contribution in [0.2, 0.25) is 5.02 Å². The van der Waals surface area contributed by atoms with Gasteiger partial charge < -0.3 is 5.32 Å². The van der Waals surface area contributed by atoms with Crippen molar-refractivity contribution in [3.05, 3.63) is 70.2 Å². The summed E-state index contributed by atoms with van der Waals surface area (Å²) < 4.78 is 0. The van der Waals surface area contributed by atoms with E-state index in [1.165, 1.54) is 42.6 Å². The lowest BCUT2D eigenvalue weighted by atomic mass is 9.95. The molecule has 5 heteroatoms. The molecule has 1 N–H and O–H groups in total. The summed E-state index contributed by atoms with van der Waals surface area (Å²) in [5, 5.41) is 3.96. The molecule has 2 aromatic carbocycles. The predicted molar refractivity (Wildman–Crippen MR) is 122 cm³/mol. The highest BCUT2D eigenvalue weighted by molar-refractivity contribution is 6.30. The Morgan fingerprint density at radius 3 is 2.17 bits per heavy atom. The van der Waals surface area contributed by atoms with Gasteiger partial charge in [0.2, 0.25) is 5.91 Å². The first kappa shape index (κ1) is 21.4. The lowest BCUT2D eigenvalue weighted by molar-refractivity contribution is -0.126.